The maximum atomic E-state index is 13.2. The molecule has 0 atom stereocenters. The predicted molar refractivity (Wildman–Crippen MR) is 120 cm³/mol. The Kier molecular flexibility index (Phi) is 6.81. The van der Waals surface area contributed by atoms with E-state index in [-0.39, 0.29) is 30.0 Å². The van der Waals surface area contributed by atoms with Gasteiger partial charge in [-0.05, 0) is 42.5 Å². The molecule has 0 radical (unpaired) electrons. The molecule has 2 aromatic carbocycles. The van der Waals surface area contributed by atoms with Crippen molar-refractivity contribution in [3.05, 3.63) is 90.4 Å². The number of amides is 2. The molecule has 2 aromatic heterocycles. The summed E-state index contributed by atoms with van der Waals surface area (Å²) in [6.07, 6.45) is -0.582. The molecule has 0 saturated carbocycles. The first-order chi connectivity index (χ1) is 16.8. The monoisotopic (exact) mass is 484 g/mol. The van der Waals surface area contributed by atoms with E-state index >= 15 is 0 Å². The first-order valence-electron chi connectivity index (χ1n) is 10.3. The van der Waals surface area contributed by atoms with Gasteiger partial charge in [0.05, 0.1) is 41.9 Å². The Balaban J connectivity index is 1.46. The number of hydrogen-bond acceptors (Lipinski definition) is 6. The minimum absolute atomic E-state index is 0.0957. The quantitative estimate of drug-likeness (QED) is 0.350. The standard InChI is InChI=1S/C23H19F3N6O3/c24-23(25,26)15-7-8-20(32-14-27-13-30-32)19(10-15)31-21(33)12-28-18-6-2-1-5-17(18)22(34)29-11-16-4-3-9-35-16/h1-10,13-14,28H,11-12H2,(H,29,34)(H,31,33). The molecule has 35 heavy (non-hydrogen) atoms. The summed E-state index contributed by atoms with van der Waals surface area (Å²) in [7, 11) is 0. The first-order valence-corrected chi connectivity index (χ1v) is 10.3. The summed E-state index contributed by atoms with van der Waals surface area (Å²) in [5, 5.41) is 12.0. The molecule has 9 nitrogen and oxygen atoms in total. The predicted octanol–water partition coefficient (Wildman–Crippen LogP) is 3.86. The van der Waals surface area contributed by atoms with E-state index in [9.17, 15) is 22.8 Å². The minimum Gasteiger partial charge on any atom is -0.467 e. The van der Waals surface area contributed by atoms with E-state index in [1.807, 2.05) is 0 Å². The molecule has 3 N–H and O–H groups in total. The van der Waals surface area contributed by atoms with Gasteiger partial charge in [-0.3, -0.25) is 9.59 Å². The molecule has 2 amide bonds. The normalized spacial score (nSPS) is 11.2. The van der Waals surface area contributed by atoms with Crippen molar-refractivity contribution in [2.24, 2.45) is 0 Å². The number of rotatable bonds is 8. The van der Waals surface area contributed by atoms with Gasteiger partial charge in [0.25, 0.3) is 5.91 Å². The maximum Gasteiger partial charge on any atom is 0.416 e. The summed E-state index contributed by atoms with van der Waals surface area (Å²) in [5.74, 6) is -0.444. The average Bonchev–Trinajstić information content (AvgIpc) is 3.55. The molecular weight excluding hydrogens is 465 g/mol. The van der Waals surface area contributed by atoms with Crippen LogP contribution in [0.3, 0.4) is 0 Å². The van der Waals surface area contributed by atoms with Gasteiger partial charge in [0, 0.05) is 5.69 Å². The van der Waals surface area contributed by atoms with Crippen LogP contribution in [0.2, 0.25) is 0 Å². The third kappa shape index (κ3) is 5.85. The Morgan fingerprint density at radius 3 is 2.57 bits per heavy atom. The average molecular weight is 484 g/mol. The van der Waals surface area contributed by atoms with E-state index in [0.29, 0.717) is 11.4 Å². The first kappa shape index (κ1) is 23.5. The fourth-order valence-corrected chi connectivity index (χ4v) is 3.23. The van der Waals surface area contributed by atoms with Crippen molar-refractivity contribution in [1.29, 1.82) is 0 Å². The molecule has 4 aromatic rings. The molecule has 12 heteroatoms. The van der Waals surface area contributed by atoms with Gasteiger partial charge in [-0.15, -0.1) is 0 Å². The van der Waals surface area contributed by atoms with Gasteiger partial charge >= 0.3 is 6.18 Å². The number of carbonyl (C=O) groups is 2. The van der Waals surface area contributed by atoms with Crippen molar-refractivity contribution in [1.82, 2.24) is 20.1 Å². The lowest BCUT2D eigenvalue weighted by Crippen LogP contribution is -2.26. The molecule has 0 spiro atoms. The third-order valence-electron chi connectivity index (χ3n) is 4.88. The van der Waals surface area contributed by atoms with Gasteiger partial charge in [0.1, 0.15) is 18.4 Å². The Morgan fingerprint density at radius 2 is 1.86 bits per heavy atom. The second-order valence-electron chi connectivity index (χ2n) is 7.28. The number of furan rings is 1. The lowest BCUT2D eigenvalue weighted by molar-refractivity contribution is -0.137. The number of para-hydroxylation sites is 1. The molecule has 0 unspecified atom stereocenters. The van der Waals surface area contributed by atoms with E-state index in [1.54, 1.807) is 36.4 Å². The number of hydrogen-bond donors (Lipinski definition) is 3. The molecule has 0 fully saturated rings. The van der Waals surface area contributed by atoms with Crippen LogP contribution in [0, 0.1) is 0 Å². The van der Waals surface area contributed by atoms with Crippen molar-refractivity contribution in [3.8, 4) is 5.69 Å². The zero-order chi connectivity index (χ0) is 24.8. The molecular formula is C23H19F3N6O3. The van der Waals surface area contributed by atoms with Crippen LogP contribution in [-0.4, -0.2) is 33.1 Å². The van der Waals surface area contributed by atoms with Crippen LogP contribution >= 0.6 is 0 Å². The Labute approximate surface area is 197 Å². The van der Waals surface area contributed by atoms with E-state index in [0.717, 1.165) is 12.1 Å². The second-order valence-corrected chi connectivity index (χ2v) is 7.28. The Bertz CT molecular complexity index is 1300. The highest BCUT2D eigenvalue weighted by Crippen LogP contribution is 2.33. The highest BCUT2D eigenvalue weighted by Gasteiger charge is 2.31. The van der Waals surface area contributed by atoms with Crippen LogP contribution in [0.1, 0.15) is 21.7 Å². The van der Waals surface area contributed by atoms with Gasteiger partial charge in [-0.25, -0.2) is 9.67 Å². The number of carbonyl (C=O) groups excluding carboxylic acids is 2. The summed E-state index contributed by atoms with van der Waals surface area (Å²) in [5.41, 5.74) is -0.152. The van der Waals surface area contributed by atoms with E-state index in [2.05, 4.69) is 26.0 Å². The number of alkyl halides is 3. The molecule has 0 aliphatic rings. The number of halogens is 3. The molecule has 0 aliphatic carbocycles. The number of nitrogens with zero attached hydrogens (tertiary/aromatic N) is 3. The van der Waals surface area contributed by atoms with Crippen molar-refractivity contribution in [2.45, 2.75) is 12.7 Å². The smallest absolute Gasteiger partial charge is 0.416 e. The fourth-order valence-electron chi connectivity index (χ4n) is 3.23. The van der Waals surface area contributed by atoms with Gasteiger partial charge in [0.2, 0.25) is 5.91 Å². The lowest BCUT2D eigenvalue weighted by Gasteiger charge is -2.15. The van der Waals surface area contributed by atoms with Gasteiger partial charge in [0.15, 0.2) is 0 Å². The molecule has 4 rings (SSSR count). The molecule has 0 aliphatic heterocycles. The number of benzene rings is 2. The Hall–Kier alpha value is -4.61. The summed E-state index contributed by atoms with van der Waals surface area (Å²) in [6, 6.07) is 12.9. The minimum atomic E-state index is -4.60. The van der Waals surface area contributed by atoms with Crippen LogP contribution in [0.4, 0.5) is 24.5 Å². The number of nitrogens with one attached hydrogen (secondary N) is 3. The van der Waals surface area contributed by atoms with Gasteiger partial charge in [-0.2, -0.15) is 18.3 Å². The second kappa shape index (κ2) is 10.1. The Morgan fingerprint density at radius 1 is 1.03 bits per heavy atom. The summed E-state index contributed by atoms with van der Waals surface area (Å²) >= 11 is 0. The molecule has 2 heterocycles. The molecule has 0 bridgehead atoms. The van der Waals surface area contributed by atoms with Crippen molar-refractivity contribution in [2.75, 3.05) is 17.2 Å². The van der Waals surface area contributed by atoms with E-state index in [1.165, 1.54) is 29.7 Å². The van der Waals surface area contributed by atoms with Crippen molar-refractivity contribution in [3.63, 3.8) is 0 Å². The number of aromatic nitrogens is 3. The topological polar surface area (TPSA) is 114 Å². The lowest BCUT2D eigenvalue weighted by atomic mass is 10.1. The van der Waals surface area contributed by atoms with E-state index < -0.39 is 23.6 Å². The van der Waals surface area contributed by atoms with Crippen LogP contribution in [-0.2, 0) is 17.5 Å². The third-order valence-corrected chi connectivity index (χ3v) is 4.88. The maximum absolute atomic E-state index is 13.2. The van der Waals surface area contributed by atoms with Crippen LogP contribution in [0.25, 0.3) is 5.69 Å². The summed E-state index contributed by atoms with van der Waals surface area (Å²) in [4.78, 5) is 29.0. The highest BCUT2D eigenvalue weighted by molar-refractivity contribution is 6.01. The fraction of sp³-hybridized carbons (Fsp3) is 0.130. The van der Waals surface area contributed by atoms with Crippen LogP contribution in [0.5, 0.6) is 0 Å². The molecule has 0 saturated heterocycles. The highest BCUT2D eigenvalue weighted by atomic mass is 19.4. The largest absolute Gasteiger partial charge is 0.467 e. The summed E-state index contributed by atoms with van der Waals surface area (Å²) in [6.45, 7) is -0.128. The molecule has 180 valence electrons. The van der Waals surface area contributed by atoms with Crippen molar-refractivity contribution < 1.29 is 27.2 Å². The zero-order valence-corrected chi connectivity index (χ0v) is 18.0. The van der Waals surface area contributed by atoms with Gasteiger partial charge < -0.3 is 20.4 Å². The van der Waals surface area contributed by atoms with Gasteiger partial charge in [-0.1, -0.05) is 12.1 Å². The zero-order valence-electron chi connectivity index (χ0n) is 18.0. The van der Waals surface area contributed by atoms with Crippen LogP contribution < -0.4 is 16.0 Å². The van der Waals surface area contributed by atoms with Crippen molar-refractivity contribution >= 4 is 23.2 Å². The summed E-state index contributed by atoms with van der Waals surface area (Å²) < 4.78 is 46.1. The SMILES string of the molecule is O=C(CNc1ccccc1C(=O)NCc1ccco1)Nc1cc(C(F)(F)F)ccc1-n1cncn1. The number of anilines is 2. The van der Waals surface area contributed by atoms with Crippen LogP contribution in [0.15, 0.2) is 77.9 Å². The van der Waals surface area contributed by atoms with E-state index in [4.69, 9.17) is 4.42 Å².